The summed E-state index contributed by atoms with van der Waals surface area (Å²) in [7, 11) is 0. The Bertz CT molecular complexity index is 656. The molecule has 0 radical (unpaired) electrons. The molecule has 0 atom stereocenters. The SMILES string of the molecule is CCNc1nc(CN(CCC#N)C2CC2)nc2sccc12. The van der Waals surface area contributed by atoms with Crippen molar-refractivity contribution < 1.29 is 0 Å². The number of aromatic nitrogens is 2. The summed E-state index contributed by atoms with van der Waals surface area (Å²) in [5, 5.41) is 15.3. The van der Waals surface area contributed by atoms with Crippen LogP contribution < -0.4 is 5.32 Å². The number of nitrogens with zero attached hydrogens (tertiary/aromatic N) is 4. The molecule has 5 nitrogen and oxygen atoms in total. The molecule has 0 saturated heterocycles. The molecular formula is C15H19N5S. The smallest absolute Gasteiger partial charge is 0.146 e. The lowest BCUT2D eigenvalue weighted by Gasteiger charge is -2.20. The molecule has 1 N–H and O–H groups in total. The van der Waals surface area contributed by atoms with E-state index in [4.69, 9.17) is 5.26 Å². The van der Waals surface area contributed by atoms with E-state index in [0.29, 0.717) is 12.5 Å². The molecule has 1 saturated carbocycles. The van der Waals surface area contributed by atoms with Gasteiger partial charge in [0.15, 0.2) is 0 Å². The Morgan fingerprint density at radius 1 is 1.48 bits per heavy atom. The fourth-order valence-electron chi connectivity index (χ4n) is 2.48. The minimum absolute atomic E-state index is 0.567. The van der Waals surface area contributed by atoms with E-state index < -0.39 is 0 Å². The average Bonchev–Trinajstić information content (AvgIpc) is 3.22. The van der Waals surface area contributed by atoms with Crippen LogP contribution in [0.3, 0.4) is 0 Å². The lowest BCUT2D eigenvalue weighted by Crippen LogP contribution is -2.27. The molecule has 1 aliphatic rings. The molecule has 0 spiro atoms. The van der Waals surface area contributed by atoms with Gasteiger partial charge in [0, 0.05) is 25.6 Å². The minimum Gasteiger partial charge on any atom is -0.370 e. The Kier molecular flexibility index (Phi) is 4.32. The molecule has 0 unspecified atom stereocenters. The van der Waals surface area contributed by atoms with E-state index in [1.165, 1.54) is 12.8 Å². The Morgan fingerprint density at radius 2 is 2.33 bits per heavy atom. The van der Waals surface area contributed by atoms with E-state index >= 15 is 0 Å². The van der Waals surface area contributed by atoms with Crippen LogP contribution in [0.25, 0.3) is 10.2 Å². The van der Waals surface area contributed by atoms with Gasteiger partial charge in [-0.3, -0.25) is 4.90 Å². The highest BCUT2D eigenvalue weighted by molar-refractivity contribution is 7.16. The van der Waals surface area contributed by atoms with Crippen molar-refractivity contribution in [2.24, 2.45) is 0 Å². The first kappa shape index (κ1) is 14.2. The molecule has 21 heavy (non-hydrogen) atoms. The number of anilines is 1. The molecule has 0 bridgehead atoms. The second kappa shape index (κ2) is 6.37. The first-order chi connectivity index (χ1) is 10.3. The number of hydrogen-bond acceptors (Lipinski definition) is 6. The van der Waals surface area contributed by atoms with Crippen LogP contribution in [0.1, 0.15) is 32.0 Å². The van der Waals surface area contributed by atoms with Gasteiger partial charge < -0.3 is 5.32 Å². The minimum atomic E-state index is 0.567. The van der Waals surface area contributed by atoms with Crippen LogP contribution in [0.2, 0.25) is 0 Å². The van der Waals surface area contributed by atoms with E-state index in [9.17, 15) is 0 Å². The maximum atomic E-state index is 8.79. The van der Waals surface area contributed by atoms with Gasteiger partial charge in [0.1, 0.15) is 16.5 Å². The molecule has 1 fully saturated rings. The fourth-order valence-corrected chi connectivity index (χ4v) is 3.26. The quantitative estimate of drug-likeness (QED) is 0.851. The molecule has 6 heteroatoms. The Labute approximate surface area is 128 Å². The molecule has 2 aromatic heterocycles. The first-order valence-corrected chi connectivity index (χ1v) is 8.28. The summed E-state index contributed by atoms with van der Waals surface area (Å²) < 4.78 is 0. The largest absolute Gasteiger partial charge is 0.370 e. The van der Waals surface area contributed by atoms with Crippen molar-refractivity contribution in [2.75, 3.05) is 18.4 Å². The predicted molar refractivity (Wildman–Crippen MR) is 85.2 cm³/mol. The fraction of sp³-hybridized carbons (Fsp3) is 0.533. The van der Waals surface area contributed by atoms with Gasteiger partial charge in [-0.05, 0) is 31.2 Å². The van der Waals surface area contributed by atoms with Crippen LogP contribution in [0, 0.1) is 11.3 Å². The van der Waals surface area contributed by atoms with Gasteiger partial charge in [0.25, 0.3) is 0 Å². The lowest BCUT2D eigenvalue weighted by atomic mass is 10.3. The summed E-state index contributed by atoms with van der Waals surface area (Å²) in [6, 6.07) is 4.91. The van der Waals surface area contributed by atoms with Crippen LogP contribution in [0.5, 0.6) is 0 Å². The van der Waals surface area contributed by atoms with Gasteiger partial charge >= 0.3 is 0 Å². The molecule has 1 aliphatic carbocycles. The number of fused-ring (bicyclic) bond motifs is 1. The van der Waals surface area contributed by atoms with Gasteiger partial charge in [-0.15, -0.1) is 11.3 Å². The summed E-state index contributed by atoms with van der Waals surface area (Å²) in [5.41, 5.74) is 0. The topological polar surface area (TPSA) is 64.8 Å². The zero-order chi connectivity index (χ0) is 14.7. The summed E-state index contributed by atoms with van der Waals surface area (Å²) in [4.78, 5) is 12.7. The van der Waals surface area contributed by atoms with E-state index in [1.54, 1.807) is 11.3 Å². The van der Waals surface area contributed by atoms with Crippen LogP contribution in [0.4, 0.5) is 5.82 Å². The Balaban J connectivity index is 1.83. The highest BCUT2D eigenvalue weighted by Gasteiger charge is 2.29. The van der Waals surface area contributed by atoms with Crippen molar-refractivity contribution in [1.29, 1.82) is 5.26 Å². The molecule has 0 aromatic carbocycles. The monoisotopic (exact) mass is 301 g/mol. The zero-order valence-corrected chi connectivity index (χ0v) is 13.0. The van der Waals surface area contributed by atoms with E-state index in [0.717, 1.165) is 41.5 Å². The highest BCUT2D eigenvalue weighted by atomic mass is 32.1. The molecule has 2 heterocycles. The van der Waals surface area contributed by atoms with Crippen molar-refractivity contribution in [1.82, 2.24) is 14.9 Å². The standard InChI is InChI=1S/C15H19N5S/c1-2-17-14-12-6-9-21-15(12)19-13(18-14)10-20(8-3-7-16)11-4-5-11/h6,9,11H,2-5,8,10H2,1H3,(H,17,18,19). The molecule has 0 amide bonds. The second-order valence-electron chi connectivity index (χ2n) is 5.27. The second-order valence-corrected chi connectivity index (χ2v) is 6.16. The average molecular weight is 301 g/mol. The molecule has 2 aromatic rings. The van der Waals surface area contributed by atoms with Gasteiger partial charge in [-0.25, -0.2) is 9.97 Å². The summed E-state index contributed by atoms with van der Waals surface area (Å²) in [5.74, 6) is 1.78. The molecular weight excluding hydrogens is 282 g/mol. The van der Waals surface area contributed by atoms with Gasteiger partial charge in [0.05, 0.1) is 18.0 Å². The van der Waals surface area contributed by atoms with Crippen molar-refractivity contribution in [2.45, 2.75) is 38.8 Å². The Hall–Kier alpha value is -1.71. The van der Waals surface area contributed by atoms with Crippen molar-refractivity contribution in [3.63, 3.8) is 0 Å². The number of thiophene rings is 1. The summed E-state index contributed by atoms with van der Waals surface area (Å²) in [6.07, 6.45) is 3.03. The normalized spacial score (nSPS) is 14.5. The highest BCUT2D eigenvalue weighted by Crippen LogP contribution is 2.29. The van der Waals surface area contributed by atoms with Crippen molar-refractivity contribution in [3.8, 4) is 6.07 Å². The zero-order valence-electron chi connectivity index (χ0n) is 12.2. The van der Waals surface area contributed by atoms with Crippen molar-refractivity contribution >= 4 is 27.4 Å². The predicted octanol–water partition coefficient (Wildman–Crippen LogP) is 3.00. The van der Waals surface area contributed by atoms with Crippen LogP contribution in [0.15, 0.2) is 11.4 Å². The summed E-state index contributed by atoms with van der Waals surface area (Å²) in [6.45, 7) is 4.47. The van der Waals surface area contributed by atoms with Gasteiger partial charge in [-0.2, -0.15) is 5.26 Å². The summed E-state index contributed by atoms with van der Waals surface area (Å²) >= 11 is 1.65. The van der Waals surface area contributed by atoms with Crippen LogP contribution in [-0.4, -0.2) is 34.0 Å². The van der Waals surface area contributed by atoms with Crippen LogP contribution in [-0.2, 0) is 6.54 Å². The van der Waals surface area contributed by atoms with Gasteiger partial charge in [-0.1, -0.05) is 0 Å². The lowest BCUT2D eigenvalue weighted by molar-refractivity contribution is 0.255. The third kappa shape index (κ3) is 3.31. The molecule has 3 rings (SSSR count). The van der Waals surface area contributed by atoms with E-state index in [1.807, 2.05) is 0 Å². The third-order valence-corrected chi connectivity index (χ3v) is 4.44. The molecule has 110 valence electrons. The van der Waals surface area contributed by atoms with E-state index in [-0.39, 0.29) is 0 Å². The number of nitrogens with one attached hydrogen (secondary N) is 1. The van der Waals surface area contributed by atoms with Crippen LogP contribution >= 0.6 is 11.3 Å². The first-order valence-electron chi connectivity index (χ1n) is 7.40. The van der Waals surface area contributed by atoms with Gasteiger partial charge in [0.2, 0.25) is 0 Å². The number of hydrogen-bond donors (Lipinski definition) is 1. The maximum absolute atomic E-state index is 8.79. The number of rotatable bonds is 7. The van der Waals surface area contributed by atoms with E-state index in [2.05, 4.69) is 44.6 Å². The number of nitriles is 1. The Morgan fingerprint density at radius 3 is 3.05 bits per heavy atom. The van der Waals surface area contributed by atoms with Crippen molar-refractivity contribution in [3.05, 3.63) is 17.3 Å². The molecule has 0 aliphatic heterocycles. The third-order valence-electron chi connectivity index (χ3n) is 3.63. The maximum Gasteiger partial charge on any atom is 0.146 e.